The lowest BCUT2D eigenvalue weighted by Crippen LogP contribution is -2.41. The largest absolute Gasteiger partial charge is 0.496 e. The van der Waals surface area contributed by atoms with Gasteiger partial charge in [-0.2, -0.15) is 5.26 Å². The monoisotopic (exact) mass is 315 g/mol. The molecule has 23 heavy (non-hydrogen) atoms. The molecule has 1 aromatic heterocycles. The number of aromatic nitrogens is 1. The predicted molar refractivity (Wildman–Crippen MR) is 92.6 cm³/mol. The second-order valence-corrected chi connectivity index (χ2v) is 8.28. The van der Waals surface area contributed by atoms with Gasteiger partial charge >= 0.3 is 7.12 Å². The van der Waals surface area contributed by atoms with Crippen molar-refractivity contribution < 1.29 is 9.31 Å². The fourth-order valence-electron chi connectivity index (χ4n) is 2.16. The Morgan fingerprint density at radius 2 is 1.78 bits per heavy atom. The van der Waals surface area contributed by atoms with Crippen LogP contribution >= 0.6 is 0 Å². The molecule has 0 amide bonds. The molecule has 124 valence electrons. The molecule has 5 nitrogen and oxygen atoms in total. The van der Waals surface area contributed by atoms with Crippen LogP contribution in [0, 0.1) is 16.7 Å². The Bertz CT molecular complexity index is 614. The summed E-state index contributed by atoms with van der Waals surface area (Å²) < 4.78 is 12.0. The second kappa shape index (κ2) is 5.81. The fourth-order valence-corrected chi connectivity index (χ4v) is 2.16. The number of hydrogen-bond acceptors (Lipinski definition) is 5. The Kier molecular flexibility index (Phi) is 4.49. The van der Waals surface area contributed by atoms with Crippen molar-refractivity contribution in [1.82, 2.24) is 4.98 Å². The number of pyridine rings is 1. The van der Waals surface area contributed by atoms with Crippen LogP contribution in [0.25, 0.3) is 0 Å². The molecular formula is C17H26BN3O2. The summed E-state index contributed by atoms with van der Waals surface area (Å²) in [5.41, 5.74) is 0.558. The highest BCUT2D eigenvalue weighted by Gasteiger charge is 2.51. The van der Waals surface area contributed by atoms with Gasteiger partial charge in [0.2, 0.25) is 0 Å². The number of nitrogens with one attached hydrogen (secondary N) is 1. The minimum atomic E-state index is -0.503. The highest BCUT2D eigenvalue weighted by atomic mass is 16.7. The molecule has 0 saturated carbocycles. The molecule has 1 aromatic rings. The van der Waals surface area contributed by atoms with Crippen LogP contribution in [0.15, 0.2) is 12.3 Å². The molecule has 0 spiro atoms. The Morgan fingerprint density at radius 3 is 2.26 bits per heavy atom. The summed E-state index contributed by atoms with van der Waals surface area (Å²) in [5, 5.41) is 12.6. The zero-order chi connectivity index (χ0) is 17.5. The highest BCUT2D eigenvalue weighted by Crippen LogP contribution is 2.36. The zero-order valence-electron chi connectivity index (χ0n) is 15.2. The van der Waals surface area contributed by atoms with Crippen molar-refractivity contribution >= 4 is 18.4 Å². The molecule has 1 saturated heterocycles. The van der Waals surface area contributed by atoms with E-state index >= 15 is 0 Å². The maximum Gasteiger partial charge on any atom is 0.496 e. The summed E-state index contributed by atoms with van der Waals surface area (Å²) in [6.07, 6.45) is 1.72. The molecule has 2 heterocycles. The minimum absolute atomic E-state index is 0.110. The molecule has 0 aliphatic carbocycles. The number of anilines is 1. The van der Waals surface area contributed by atoms with E-state index in [9.17, 15) is 5.26 Å². The van der Waals surface area contributed by atoms with E-state index in [0.29, 0.717) is 11.4 Å². The van der Waals surface area contributed by atoms with E-state index in [0.717, 1.165) is 12.0 Å². The van der Waals surface area contributed by atoms with Gasteiger partial charge in [-0.15, -0.1) is 0 Å². The smallest absolute Gasteiger partial charge is 0.399 e. The van der Waals surface area contributed by atoms with Crippen LogP contribution in [0.3, 0.4) is 0 Å². The average molecular weight is 315 g/mol. The first kappa shape index (κ1) is 17.8. The van der Waals surface area contributed by atoms with Crippen LogP contribution in [0.5, 0.6) is 0 Å². The van der Waals surface area contributed by atoms with E-state index in [1.54, 1.807) is 12.3 Å². The number of nitriles is 1. The van der Waals surface area contributed by atoms with Crippen LogP contribution in [0.2, 0.25) is 0 Å². The first-order chi connectivity index (χ1) is 10.5. The number of rotatable bonds is 3. The Hall–Kier alpha value is -1.58. The molecule has 0 bridgehead atoms. The molecule has 1 aliphatic heterocycles. The van der Waals surface area contributed by atoms with Crippen molar-refractivity contribution in [2.75, 3.05) is 11.9 Å². The highest BCUT2D eigenvalue weighted by molar-refractivity contribution is 6.62. The first-order valence-electron chi connectivity index (χ1n) is 7.95. The third-order valence-electron chi connectivity index (χ3n) is 4.34. The summed E-state index contributed by atoms with van der Waals surface area (Å²) >= 11 is 0. The normalized spacial score (nSPS) is 19.5. The second-order valence-electron chi connectivity index (χ2n) is 8.28. The van der Waals surface area contributed by atoms with Gasteiger partial charge in [0.25, 0.3) is 0 Å². The lowest BCUT2D eigenvalue weighted by molar-refractivity contribution is 0.00578. The molecule has 0 radical (unpaired) electrons. The summed E-state index contributed by atoms with van der Waals surface area (Å²) in [6.45, 7) is 15.1. The van der Waals surface area contributed by atoms with Gasteiger partial charge in [-0.05, 0) is 39.2 Å². The van der Waals surface area contributed by atoms with E-state index in [1.165, 1.54) is 0 Å². The van der Waals surface area contributed by atoms with E-state index in [-0.39, 0.29) is 5.41 Å². The predicted octanol–water partition coefficient (Wildman–Crippen LogP) is 2.71. The Morgan fingerprint density at radius 1 is 1.22 bits per heavy atom. The SMILES string of the molecule is CC(C)(C)CNc1ncc(B2OC(C)(C)C(C)(C)O2)cc1C#N. The fraction of sp³-hybridized carbons (Fsp3) is 0.647. The minimum Gasteiger partial charge on any atom is -0.399 e. The van der Waals surface area contributed by atoms with Crippen molar-refractivity contribution in [2.24, 2.45) is 5.41 Å². The standard InChI is InChI=1S/C17H26BN3O2/c1-15(2,3)11-21-14-12(9-19)8-13(10-20-14)18-22-16(4,5)17(6,7)23-18/h8,10H,11H2,1-7H3,(H,20,21). The van der Waals surface area contributed by atoms with Crippen LogP contribution in [-0.4, -0.2) is 29.8 Å². The van der Waals surface area contributed by atoms with Crippen LogP contribution in [0.1, 0.15) is 54.0 Å². The molecule has 6 heteroatoms. The molecule has 2 rings (SSSR count). The molecule has 1 aliphatic rings. The van der Waals surface area contributed by atoms with Crippen molar-refractivity contribution in [3.05, 3.63) is 17.8 Å². The van der Waals surface area contributed by atoms with Gasteiger partial charge in [-0.1, -0.05) is 20.8 Å². The third kappa shape index (κ3) is 3.85. The quantitative estimate of drug-likeness (QED) is 0.869. The van der Waals surface area contributed by atoms with E-state index in [4.69, 9.17) is 9.31 Å². The van der Waals surface area contributed by atoms with Crippen LogP contribution in [-0.2, 0) is 9.31 Å². The maximum atomic E-state index is 9.41. The van der Waals surface area contributed by atoms with Crippen LogP contribution in [0.4, 0.5) is 5.82 Å². The van der Waals surface area contributed by atoms with Crippen molar-refractivity contribution in [1.29, 1.82) is 5.26 Å². The topological polar surface area (TPSA) is 67.2 Å². The zero-order valence-corrected chi connectivity index (χ0v) is 15.2. The van der Waals surface area contributed by atoms with E-state index < -0.39 is 18.3 Å². The van der Waals surface area contributed by atoms with Gasteiger partial charge in [0.1, 0.15) is 11.9 Å². The number of hydrogen-bond donors (Lipinski definition) is 1. The summed E-state index contributed by atoms with van der Waals surface area (Å²) in [6, 6.07) is 3.99. The summed E-state index contributed by atoms with van der Waals surface area (Å²) in [4.78, 5) is 4.40. The Labute approximate surface area is 139 Å². The van der Waals surface area contributed by atoms with Gasteiger partial charge in [0.15, 0.2) is 0 Å². The van der Waals surface area contributed by atoms with Crippen LogP contribution < -0.4 is 10.8 Å². The van der Waals surface area contributed by atoms with Crippen molar-refractivity contribution in [2.45, 2.75) is 59.7 Å². The lowest BCUT2D eigenvalue weighted by atomic mass is 9.79. The van der Waals surface area contributed by atoms with E-state index in [1.807, 2.05) is 27.7 Å². The average Bonchev–Trinajstić information content (AvgIpc) is 2.64. The summed E-state index contributed by atoms with van der Waals surface area (Å²) in [7, 11) is -0.503. The first-order valence-corrected chi connectivity index (χ1v) is 7.95. The maximum absolute atomic E-state index is 9.41. The van der Waals surface area contributed by atoms with Gasteiger partial charge in [-0.25, -0.2) is 4.98 Å². The van der Waals surface area contributed by atoms with Crippen molar-refractivity contribution in [3.63, 3.8) is 0 Å². The van der Waals surface area contributed by atoms with Gasteiger partial charge in [-0.3, -0.25) is 0 Å². The molecule has 1 N–H and O–H groups in total. The Balaban J connectivity index is 2.22. The summed E-state index contributed by atoms with van der Waals surface area (Å²) in [5.74, 6) is 0.600. The lowest BCUT2D eigenvalue weighted by Gasteiger charge is -2.32. The molecule has 0 unspecified atom stereocenters. The molecular weight excluding hydrogens is 289 g/mol. The molecule has 1 fully saturated rings. The third-order valence-corrected chi connectivity index (χ3v) is 4.34. The van der Waals surface area contributed by atoms with E-state index in [2.05, 4.69) is 37.1 Å². The molecule has 0 aromatic carbocycles. The molecule has 0 atom stereocenters. The van der Waals surface area contributed by atoms with Gasteiger partial charge < -0.3 is 14.6 Å². The van der Waals surface area contributed by atoms with Gasteiger partial charge in [0, 0.05) is 18.2 Å². The number of nitrogens with zero attached hydrogens (tertiary/aromatic N) is 2. The van der Waals surface area contributed by atoms with Crippen molar-refractivity contribution in [3.8, 4) is 6.07 Å². The van der Waals surface area contributed by atoms with Gasteiger partial charge in [0.05, 0.1) is 16.8 Å².